The molecule has 1 aromatic heterocycles. The summed E-state index contributed by atoms with van der Waals surface area (Å²) >= 11 is 0. The molecule has 1 amide bonds. The summed E-state index contributed by atoms with van der Waals surface area (Å²) in [5.41, 5.74) is 2.08. The van der Waals surface area contributed by atoms with E-state index in [1.165, 1.54) is 0 Å². The number of piperazine rings is 1. The second-order valence-electron chi connectivity index (χ2n) is 7.69. The molecule has 0 N–H and O–H groups in total. The number of carbonyl (C=O) groups excluding carboxylic acids is 1. The molecule has 9 nitrogen and oxygen atoms in total. The summed E-state index contributed by atoms with van der Waals surface area (Å²) in [7, 11) is 6.37. The van der Waals surface area contributed by atoms with Gasteiger partial charge in [0.05, 0.1) is 34.1 Å². The minimum absolute atomic E-state index is 0.0350. The van der Waals surface area contributed by atoms with E-state index in [1.807, 2.05) is 35.2 Å². The smallest absolute Gasteiger partial charge is 0.254 e. The van der Waals surface area contributed by atoms with Crippen molar-refractivity contribution in [2.24, 2.45) is 0 Å². The van der Waals surface area contributed by atoms with Crippen LogP contribution in [0.2, 0.25) is 0 Å². The van der Waals surface area contributed by atoms with E-state index in [0.29, 0.717) is 54.7 Å². The van der Waals surface area contributed by atoms with Gasteiger partial charge in [0.2, 0.25) is 0 Å². The van der Waals surface area contributed by atoms with Crippen molar-refractivity contribution in [3.63, 3.8) is 0 Å². The van der Waals surface area contributed by atoms with Crippen LogP contribution < -0.4 is 23.8 Å². The van der Waals surface area contributed by atoms with Gasteiger partial charge in [-0.05, 0) is 48.5 Å². The molecule has 2 heterocycles. The van der Waals surface area contributed by atoms with Crippen molar-refractivity contribution < 1.29 is 23.7 Å². The van der Waals surface area contributed by atoms with Crippen LogP contribution in [0, 0.1) is 0 Å². The van der Waals surface area contributed by atoms with E-state index in [4.69, 9.17) is 18.9 Å². The van der Waals surface area contributed by atoms with Gasteiger partial charge in [-0.15, -0.1) is 10.2 Å². The van der Waals surface area contributed by atoms with Crippen LogP contribution in [-0.4, -0.2) is 75.6 Å². The van der Waals surface area contributed by atoms with Crippen LogP contribution in [0.1, 0.15) is 10.4 Å². The second kappa shape index (κ2) is 10.3. The van der Waals surface area contributed by atoms with Gasteiger partial charge in [0, 0.05) is 37.3 Å². The molecule has 0 radical (unpaired) electrons. The van der Waals surface area contributed by atoms with E-state index in [9.17, 15) is 4.79 Å². The third-order valence-corrected chi connectivity index (χ3v) is 5.85. The Morgan fingerprint density at radius 2 is 1.44 bits per heavy atom. The Hall–Kier alpha value is -4.01. The third kappa shape index (κ3) is 4.68. The molecule has 178 valence electrons. The van der Waals surface area contributed by atoms with E-state index in [0.717, 1.165) is 17.1 Å². The van der Waals surface area contributed by atoms with Crippen LogP contribution >= 0.6 is 0 Å². The molecule has 1 saturated heterocycles. The summed E-state index contributed by atoms with van der Waals surface area (Å²) in [5, 5.41) is 8.84. The minimum Gasteiger partial charge on any atom is -0.497 e. The lowest BCUT2D eigenvalue weighted by Gasteiger charge is -2.35. The van der Waals surface area contributed by atoms with E-state index >= 15 is 0 Å². The summed E-state index contributed by atoms with van der Waals surface area (Å²) in [6.07, 6.45) is 0. The Morgan fingerprint density at radius 3 is 2.06 bits per heavy atom. The topological polar surface area (TPSA) is 86.3 Å². The summed E-state index contributed by atoms with van der Waals surface area (Å²) < 4.78 is 21.4. The van der Waals surface area contributed by atoms with Gasteiger partial charge >= 0.3 is 0 Å². The number of rotatable bonds is 7. The maximum Gasteiger partial charge on any atom is 0.254 e. The number of benzene rings is 2. The molecule has 0 spiro atoms. The first-order chi connectivity index (χ1) is 16.6. The van der Waals surface area contributed by atoms with E-state index < -0.39 is 0 Å². The molecule has 1 aliphatic heterocycles. The van der Waals surface area contributed by atoms with Crippen molar-refractivity contribution in [3.05, 3.63) is 54.1 Å². The SMILES string of the molecule is COc1ccc(OC)c(-c2ccc(N3CCN(C(=O)c4ccc(OC)c(OC)c4)CC3)nn2)c1. The van der Waals surface area contributed by atoms with Gasteiger partial charge in [0.25, 0.3) is 5.91 Å². The molecule has 0 saturated carbocycles. The number of methoxy groups -OCH3 is 4. The van der Waals surface area contributed by atoms with Crippen molar-refractivity contribution in [2.45, 2.75) is 0 Å². The van der Waals surface area contributed by atoms with E-state index in [-0.39, 0.29) is 5.91 Å². The van der Waals surface area contributed by atoms with Gasteiger partial charge in [0.1, 0.15) is 11.5 Å². The maximum atomic E-state index is 13.0. The van der Waals surface area contributed by atoms with Gasteiger partial charge in [-0.1, -0.05) is 0 Å². The van der Waals surface area contributed by atoms with Crippen molar-refractivity contribution in [1.82, 2.24) is 15.1 Å². The lowest BCUT2D eigenvalue weighted by Crippen LogP contribution is -2.49. The van der Waals surface area contributed by atoms with Gasteiger partial charge in [-0.3, -0.25) is 4.79 Å². The molecular formula is C25H28N4O5. The average Bonchev–Trinajstić information content (AvgIpc) is 2.92. The molecular weight excluding hydrogens is 436 g/mol. The summed E-state index contributed by atoms with van der Waals surface area (Å²) in [4.78, 5) is 16.9. The number of hydrogen-bond donors (Lipinski definition) is 0. The van der Waals surface area contributed by atoms with Gasteiger partial charge in [-0.25, -0.2) is 0 Å². The molecule has 2 aromatic carbocycles. The first-order valence-electron chi connectivity index (χ1n) is 10.9. The largest absolute Gasteiger partial charge is 0.497 e. The Morgan fingerprint density at radius 1 is 0.735 bits per heavy atom. The van der Waals surface area contributed by atoms with Gasteiger partial charge in [-0.2, -0.15) is 0 Å². The fraction of sp³-hybridized carbons (Fsp3) is 0.320. The van der Waals surface area contributed by atoms with Crippen molar-refractivity contribution >= 4 is 11.7 Å². The highest BCUT2D eigenvalue weighted by atomic mass is 16.5. The molecule has 34 heavy (non-hydrogen) atoms. The van der Waals surface area contributed by atoms with Crippen LogP contribution in [-0.2, 0) is 0 Å². The Balaban J connectivity index is 1.42. The zero-order chi connectivity index (χ0) is 24.1. The van der Waals surface area contributed by atoms with Crippen LogP contribution in [0.15, 0.2) is 48.5 Å². The number of carbonyl (C=O) groups is 1. The number of hydrogen-bond acceptors (Lipinski definition) is 8. The maximum absolute atomic E-state index is 13.0. The molecule has 0 atom stereocenters. The second-order valence-corrected chi connectivity index (χ2v) is 7.69. The zero-order valence-electron chi connectivity index (χ0n) is 19.8. The van der Waals surface area contributed by atoms with Crippen LogP contribution in [0.3, 0.4) is 0 Å². The standard InChI is InChI=1S/C25H28N4O5/c1-31-18-6-9-21(32-2)19(16-18)20-7-10-24(27-26-20)28-11-13-29(14-12-28)25(30)17-5-8-22(33-3)23(15-17)34-4/h5-10,15-16H,11-14H2,1-4H3. The number of ether oxygens (including phenoxy) is 4. The average molecular weight is 465 g/mol. The highest BCUT2D eigenvalue weighted by Crippen LogP contribution is 2.32. The normalized spacial score (nSPS) is 13.4. The fourth-order valence-corrected chi connectivity index (χ4v) is 3.94. The van der Waals surface area contributed by atoms with Crippen LogP contribution in [0.4, 0.5) is 5.82 Å². The Labute approximate surface area is 198 Å². The Bertz CT molecular complexity index is 1140. The minimum atomic E-state index is -0.0350. The monoisotopic (exact) mass is 464 g/mol. The van der Waals surface area contributed by atoms with E-state index in [1.54, 1.807) is 46.6 Å². The molecule has 3 aromatic rings. The summed E-state index contributed by atoms with van der Waals surface area (Å²) in [5.74, 6) is 3.28. The molecule has 0 bridgehead atoms. The predicted molar refractivity (Wildman–Crippen MR) is 128 cm³/mol. The number of aromatic nitrogens is 2. The van der Waals surface area contributed by atoms with Crippen molar-refractivity contribution in [2.75, 3.05) is 59.5 Å². The molecule has 0 unspecified atom stereocenters. The quantitative estimate of drug-likeness (QED) is 0.527. The molecule has 4 rings (SSSR count). The molecule has 1 aliphatic rings. The first kappa shape index (κ1) is 23.2. The molecule has 1 fully saturated rings. The molecule has 0 aliphatic carbocycles. The third-order valence-electron chi connectivity index (χ3n) is 5.85. The Kier molecular flexibility index (Phi) is 7.01. The number of anilines is 1. The van der Waals surface area contributed by atoms with Crippen molar-refractivity contribution in [3.8, 4) is 34.3 Å². The van der Waals surface area contributed by atoms with Crippen LogP contribution in [0.25, 0.3) is 11.3 Å². The number of amides is 1. The lowest BCUT2D eigenvalue weighted by molar-refractivity contribution is 0.0746. The summed E-state index contributed by atoms with van der Waals surface area (Å²) in [6, 6.07) is 14.6. The van der Waals surface area contributed by atoms with Crippen molar-refractivity contribution in [1.29, 1.82) is 0 Å². The predicted octanol–water partition coefficient (Wildman–Crippen LogP) is 3.14. The van der Waals surface area contributed by atoms with Gasteiger partial charge in [0.15, 0.2) is 17.3 Å². The van der Waals surface area contributed by atoms with E-state index in [2.05, 4.69) is 15.1 Å². The van der Waals surface area contributed by atoms with Gasteiger partial charge < -0.3 is 28.7 Å². The number of nitrogens with zero attached hydrogens (tertiary/aromatic N) is 4. The van der Waals surface area contributed by atoms with Crippen LogP contribution in [0.5, 0.6) is 23.0 Å². The zero-order valence-corrected chi connectivity index (χ0v) is 19.8. The first-order valence-corrected chi connectivity index (χ1v) is 10.9. The highest BCUT2D eigenvalue weighted by molar-refractivity contribution is 5.95. The highest BCUT2D eigenvalue weighted by Gasteiger charge is 2.24. The molecule has 9 heteroatoms. The fourth-order valence-electron chi connectivity index (χ4n) is 3.94. The lowest BCUT2D eigenvalue weighted by atomic mass is 10.1. The summed E-state index contributed by atoms with van der Waals surface area (Å²) in [6.45, 7) is 2.49.